The summed E-state index contributed by atoms with van der Waals surface area (Å²) in [5.41, 5.74) is 11.7. The van der Waals surface area contributed by atoms with E-state index in [0.717, 1.165) is 46.7 Å². The molecule has 2 aromatic carbocycles. The van der Waals surface area contributed by atoms with Gasteiger partial charge >= 0.3 is 0 Å². The van der Waals surface area contributed by atoms with E-state index in [1.807, 2.05) is 18.2 Å². The number of hydrogen-bond donors (Lipinski definition) is 1. The number of nitrogens with two attached hydrogens (primary N) is 1. The van der Waals surface area contributed by atoms with Gasteiger partial charge in [0.2, 0.25) is 0 Å². The van der Waals surface area contributed by atoms with Crippen molar-refractivity contribution in [2.45, 2.75) is 33.2 Å². The second-order valence-electron chi connectivity index (χ2n) is 7.56. The Hall–Kier alpha value is -3.18. The molecule has 2 aromatic heterocycles. The van der Waals surface area contributed by atoms with Crippen LogP contribution in [0.25, 0.3) is 21.8 Å². The average Bonchev–Trinajstić information content (AvgIpc) is 2.78. The number of rotatable bonds is 7. The lowest BCUT2D eigenvalue weighted by atomic mass is 10.0. The Morgan fingerprint density at radius 1 is 1.00 bits per heavy atom. The van der Waals surface area contributed by atoms with Crippen molar-refractivity contribution in [3.05, 3.63) is 83.0 Å². The molecular formula is C25H28N4O. The molecule has 0 saturated carbocycles. The molecule has 2 heterocycles. The van der Waals surface area contributed by atoms with Crippen LogP contribution in [-0.4, -0.2) is 22.7 Å². The van der Waals surface area contributed by atoms with Crippen molar-refractivity contribution in [2.24, 2.45) is 10.9 Å². The molecule has 0 spiro atoms. The lowest BCUT2D eigenvalue weighted by molar-refractivity contribution is 0.137. The van der Waals surface area contributed by atoms with E-state index in [-0.39, 0.29) is 0 Å². The standard InChI is InChI=1S/C25H28N4O/c1-18-11-12-22-24(28-30-17-13-20-8-5-6-15-27-20)21-9-3-4-10-23(21)29(16-7-14-26)25(22)19(18)2/h3-6,8-12,15H,7,13-14,16-17,26H2,1-2H3/b28-24+. The maximum atomic E-state index is 5.83. The minimum absolute atomic E-state index is 0.486. The third-order valence-electron chi connectivity index (χ3n) is 5.59. The molecule has 5 heteroatoms. The van der Waals surface area contributed by atoms with E-state index in [0.29, 0.717) is 13.2 Å². The van der Waals surface area contributed by atoms with Crippen LogP contribution in [0.5, 0.6) is 0 Å². The van der Waals surface area contributed by atoms with Gasteiger partial charge in [0.25, 0.3) is 0 Å². The Bertz CT molecular complexity index is 1230. The first-order chi connectivity index (χ1) is 14.7. The Labute approximate surface area is 176 Å². The van der Waals surface area contributed by atoms with E-state index in [1.54, 1.807) is 6.20 Å². The van der Waals surface area contributed by atoms with Crippen molar-refractivity contribution in [3.63, 3.8) is 0 Å². The molecule has 5 nitrogen and oxygen atoms in total. The van der Waals surface area contributed by atoms with Gasteiger partial charge in [-0.3, -0.25) is 4.98 Å². The second-order valence-corrected chi connectivity index (χ2v) is 7.56. The van der Waals surface area contributed by atoms with Gasteiger partial charge in [0.05, 0.1) is 11.0 Å². The fraction of sp³-hybridized carbons (Fsp3) is 0.280. The highest BCUT2D eigenvalue weighted by molar-refractivity contribution is 5.95. The zero-order valence-electron chi connectivity index (χ0n) is 17.6. The predicted molar refractivity (Wildman–Crippen MR) is 122 cm³/mol. The first kappa shape index (κ1) is 20.1. The van der Waals surface area contributed by atoms with Crippen LogP contribution < -0.4 is 11.1 Å². The molecule has 0 radical (unpaired) electrons. The lowest BCUT2D eigenvalue weighted by Gasteiger charge is -2.18. The van der Waals surface area contributed by atoms with Crippen LogP contribution in [-0.2, 0) is 17.8 Å². The van der Waals surface area contributed by atoms with Crippen molar-refractivity contribution >= 4 is 21.8 Å². The summed E-state index contributed by atoms with van der Waals surface area (Å²) in [6, 6.07) is 18.6. The van der Waals surface area contributed by atoms with E-state index < -0.39 is 0 Å². The summed E-state index contributed by atoms with van der Waals surface area (Å²) in [5.74, 6) is 0. The number of aromatic nitrogens is 2. The number of aryl methyl sites for hydroxylation is 3. The van der Waals surface area contributed by atoms with E-state index in [2.05, 4.69) is 65.0 Å². The molecule has 154 valence electrons. The third kappa shape index (κ3) is 3.94. The van der Waals surface area contributed by atoms with Gasteiger partial charge in [0, 0.05) is 35.6 Å². The Morgan fingerprint density at radius 2 is 1.83 bits per heavy atom. The van der Waals surface area contributed by atoms with Crippen LogP contribution in [0.3, 0.4) is 0 Å². The summed E-state index contributed by atoms with van der Waals surface area (Å²) in [5, 5.41) is 7.68. The molecule has 30 heavy (non-hydrogen) atoms. The zero-order valence-corrected chi connectivity index (χ0v) is 17.6. The molecule has 0 aliphatic heterocycles. The highest BCUT2D eigenvalue weighted by Crippen LogP contribution is 2.24. The molecule has 0 unspecified atom stereocenters. The van der Waals surface area contributed by atoms with Gasteiger partial charge < -0.3 is 15.1 Å². The minimum Gasteiger partial charge on any atom is -0.395 e. The summed E-state index contributed by atoms with van der Waals surface area (Å²) in [4.78, 5) is 10.1. The van der Waals surface area contributed by atoms with Gasteiger partial charge in [-0.05, 0) is 56.1 Å². The van der Waals surface area contributed by atoms with Crippen molar-refractivity contribution in [3.8, 4) is 0 Å². The number of para-hydroxylation sites is 1. The molecular weight excluding hydrogens is 372 g/mol. The summed E-state index contributed by atoms with van der Waals surface area (Å²) < 4.78 is 2.38. The molecule has 0 saturated heterocycles. The Balaban J connectivity index is 1.84. The molecule has 0 atom stereocenters. The number of fused-ring (bicyclic) bond motifs is 2. The van der Waals surface area contributed by atoms with Crippen molar-refractivity contribution in [1.29, 1.82) is 0 Å². The van der Waals surface area contributed by atoms with Crippen LogP contribution in [0.2, 0.25) is 0 Å². The number of nitrogens with zero attached hydrogens (tertiary/aromatic N) is 3. The van der Waals surface area contributed by atoms with Crippen molar-refractivity contribution in [2.75, 3.05) is 13.2 Å². The predicted octanol–water partition coefficient (Wildman–Crippen LogP) is 4.23. The quantitative estimate of drug-likeness (QED) is 0.287. The zero-order chi connectivity index (χ0) is 20.9. The SMILES string of the molecule is Cc1ccc2/c(=N/OCCc3ccccn3)c3ccccc3n(CCCN)c2c1C. The molecule has 0 amide bonds. The fourth-order valence-electron chi connectivity index (χ4n) is 3.90. The summed E-state index contributed by atoms with van der Waals surface area (Å²) >= 11 is 0. The second kappa shape index (κ2) is 9.09. The van der Waals surface area contributed by atoms with Crippen LogP contribution in [0.4, 0.5) is 0 Å². The van der Waals surface area contributed by atoms with E-state index in [9.17, 15) is 0 Å². The minimum atomic E-state index is 0.486. The topological polar surface area (TPSA) is 65.4 Å². The molecule has 4 aromatic rings. The molecule has 4 rings (SSSR count). The lowest BCUT2D eigenvalue weighted by Crippen LogP contribution is -2.16. The molecule has 0 fully saturated rings. The van der Waals surface area contributed by atoms with E-state index >= 15 is 0 Å². The van der Waals surface area contributed by atoms with Gasteiger partial charge in [-0.15, -0.1) is 0 Å². The average molecular weight is 401 g/mol. The molecule has 0 aliphatic carbocycles. The van der Waals surface area contributed by atoms with E-state index in [1.165, 1.54) is 16.6 Å². The maximum Gasteiger partial charge on any atom is 0.122 e. The molecule has 0 bridgehead atoms. The largest absolute Gasteiger partial charge is 0.395 e. The van der Waals surface area contributed by atoms with Crippen molar-refractivity contribution < 1.29 is 4.84 Å². The molecule has 0 aliphatic rings. The maximum absolute atomic E-state index is 5.83. The third-order valence-corrected chi connectivity index (χ3v) is 5.59. The summed E-state index contributed by atoms with van der Waals surface area (Å²) in [6.07, 6.45) is 3.45. The van der Waals surface area contributed by atoms with Gasteiger partial charge in [0.15, 0.2) is 0 Å². The van der Waals surface area contributed by atoms with Crippen LogP contribution >= 0.6 is 0 Å². The monoisotopic (exact) mass is 400 g/mol. The fourth-order valence-corrected chi connectivity index (χ4v) is 3.90. The van der Waals surface area contributed by atoms with Gasteiger partial charge in [0.1, 0.15) is 12.0 Å². The normalized spacial score (nSPS) is 12.0. The van der Waals surface area contributed by atoms with E-state index in [4.69, 9.17) is 10.6 Å². The first-order valence-electron chi connectivity index (χ1n) is 10.5. The Kier molecular flexibility index (Phi) is 6.10. The highest BCUT2D eigenvalue weighted by Gasteiger charge is 2.13. The van der Waals surface area contributed by atoms with Crippen molar-refractivity contribution in [1.82, 2.24) is 9.55 Å². The summed E-state index contributed by atoms with van der Waals surface area (Å²) in [6.45, 7) is 6.35. The van der Waals surface area contributed by atoms with Crippen LogP contribution in [0.15, 0.2) is 65.9 Å². The van der Waals surface area contributed by atoms with Gasteiger partial charge in [-0.1, -0.05) is 41.6 Å². The number of pyridine rings is 2. The molecule has 2 N–H and O–H groups in total. The first-order valence-corrected chi connectivity index (χ1v) is 10.5. The Morgan fingerprint density at radius 3 is 2.63 bits per heavy atom. The number of benzene rings is 2. The highest BCUT2D eigenvalue weighted by atomic mass is 16.6. The van der Waals surface area contributed by atoms with Gasteiger partial charge in [-0.25, -0.2) is 0 Å². The van der Waals surface area contributed by atoms with Gasteiger partial charge in [-0.2, -0.15) is 0 Å². The smallest absolute Gasteiger partial charge is 0.122 e. The number of hydrogen-bond acceptors (Lipinski definition) is 4. The summed E-state index contributed by atoms with van der Waals surface area (Å²) in [7, 11) is 0. The van der Waals surface area contributed by atoms with Crippen LogP contribution in [0.1, 0.15) is 23.2 Å². The van der Waals surface area contributed by atoms with Crippen LogP contribution in [0, 0.1) is 13.8 Å².